The second-order valence-electron chi connectivity index (χ2n) is 7.49. The monoisotopic (exact) mass is 392 g/mol. The number of hydrogen-bond acceptors (Lipinski definition) is 4. The minimum absolute atomic E-state index is 0.342. The lowest BCUT2D eigenvalue weighted by Crippen LogP contribution is -2.18. The fourth-order valence-corrected chi connectivity index (χ4v) is 4.93. The molecular formula is C22H24N4OS. The molecule has 2 aliphatic heterocycles. The molecule has 1 saturated heterocycles. The van der Waals surface area contributed by atoms with Gasteiger partial charge in [0, 0.05) is 41.4 Å². The number of aromatic nitrogens is 3. The second kappa shape index (κ2) is 7.26. The number of nitrogens with zero attached hydrogens (tertiary/aromatic N) is 4. The Bertz CT molecular complexity index is 1030. The van der Waals surface area contributed by atoms with Crippen molar-refractivity contribution in [3.8, 4) is 11.3 Å². The Hall–Kier alpha value is -2.31. The first-order valence-corrected chi connectivity index (χ1v) is 10.8. The molecule has 0 aliphatic carbocycles. The number of fused-ring (bicyclic) bond motifs is 1. The number of rotatable bonds is 4. The minimum atomic E-state index is 0.342. The second-order valence-corrected chi connectivity index (χ2v) is 8.43. The zero-order chi connectivity index (χ0) is 19.1. The number of hydrogen-bond donors (Lipinski definition) is 0. The summed E-state index contributed by atoms with van der Waals surface area (Å²) in [4.78, 5) is 4.76. The fraction of sp³-hybridized carbons (Fsp3) is 0.364. The van der Waals surface area contributed by atoms with Crippen LogP contribution >= 0.6 is 11.8 Å². The molecule has 6 heteroatoms. The van der Waals surface area contributed by atoms with E-state index in [1.54, 1.807) is 11.8 Å². The van der Waals surface area contributed by atoms with Gasteiger partial charge in [-0.2, -0.15) is 5.10 Å². The normalized spacial score (nSPS) is 18.9. The predicted molar refractivity (Wildman–Crippen MR) is 113 cm³/mol. The van der Waals surface area contributed by atoms with Gasteiger partial charge < -0.3 is 9.30 Å². The average molecular weight is 393 g/mol. The summed E-state index contributed by atoms with van der Waals surface area (Å²) < 4.78 is 10.2. The molecule has 0 N–H and O–H groups in total. The third-order valence-electron chi connectivity index (χ3n) is 5.59. The van der Waals surface area contributed by atoms with E-state index in [1.165, 1.54) is 23.4 Å². The van der Waals surface area contributed by atoms with Crippen LogP contribution in [0.4, 0.5) is 0 Å². The van der Waals surface area contributed by atoms with Crippen molar-refractivity contribution < 1.29 is 4.74 Å². The Balaban J connectivity index is 1.46. The smallest absolute Gasteiger partial charge is 0.189 e. The van der Waals surface area contributed by atoms with Crippen LogP contribution in [0.25, 0.3) is 11.3 Å². The first-order chi connectivity index (χ1) is 13.7. The molecular weight excluding hydrogens is 368 g/mol. The molecule has 0 spiro atoms. The molecule has 28 heavy (non-hydrogen) atoms. The van der Waals surface area contributed by atoms with Gasteiger partial charge in [-0.25, -0.2) is 9.66 Å². The number of imidazole rings is 1. The quantitative estimate of drug-likeness (QED) is 0.656. The van der Waals surface area contributed by atoms with Gasteiger partial charge in [0.2, 0.25) is 0 Å². The highest BCUT2D eigenvalue weighted by molar-refractivity contribution is 7.99. The Labute approximate surface area is 169 Å². The standard InChI is InChI=1S/C22H24N4OS/c1-15-11-19(16(2)25(15)12-18-9-6-10-27-18)21-14-28-22-23-20(13-26(22)24-21)17-7-4-3-5-8-17/h3-5,7-8,11,13,18H,6,9-10,12,14H2,1-2H3/t18-/m0/s1. The lowest BCUT2D eigenvalue weighted by Gasteiger charge is -2.16. The van der Waals surface area contributed by atoms with Crippen molar-refractivity contribution in [2.24, 2.45) is 5.10 Å². The van der Waals surface area contributed by atoms with Crippen molar-refractivity contribution in [3.05, 3.63) is 59.5 Å². The molecule has 5 nitrogen and oxygen atoms in total. The first kappa shape index (κ1) is 17.8. The largest absolute Gasteiger partial charge is 0.376 e. The molecule has 2 aliphatic rings. The third kappa shape index (κ3) is 3.20. The predicted octanol–water partition coefficient (Wildman–Crippen LogP) is 4.51. The SMILES string of the molecule is Cc1cc(C2=Nn3cc(-c4ccccc4)nc3SC2)c(C)n1C[C@@H]1CCCO1. The van der Waals surface area contributed by atoms with Crippen LogP contribution < -0.4 is 0 Å². The number of ether oxygens (including phenoxy) is 1. The fourth-order valence-electron chi connectivity index (χ4n) is 4.06. The highest BCUT2D eigenvalue weighted by atomic mass is 32.2. The van der Waals surface area contributed by atoms with Crippen LogP contribution in [0.2, 0.25) is 0 Å². The van der Waals surface area contributed by atoms with Gasteiger partial charge in [-0.15, -0.1) is 0 Å². The van der Waals surface area contributed by atoms with E-state index in [9.17, 15) is 0 Å². The Kier molecular flexibility index (Phi) is 4.61. The number of benzene rings is 1. The highest BCUT2D eigenvalue weighted by Gasteiger charge is 2.23. The molecule has 5 rings (SSSR count). The Morgan fingerprint density at radius 2 is 2.07 bits per heavy atom. The van der Waals surface area contributed by atoms with Crippen molar-refractivity contribution in [1.29, 1.82) is 0 Å². The summed E-state index contributed by atoms with van der Waals surface area (Å²) in [7, 11) is 0. The van der Waals surface area contributed by atoms with Crippen molar-refractivity contribution in [1.82, 2.24) is 14.2 Å². The van der Waals surface area contributed by atoms with Crippen LogP contribution in [0.3, 0.4) is 0 Å². The van der Waals surface area contributed by atoms with Gasteiger partial charge in [0.15, 0.2) is 5.16 Å². The zero-order valence-electron chi connectivity index (χ0n) is 16.3. The molecule has 1 fully saturated rings. The molecule has 0 saturated carbocycles. The molecule has 1 atom stereocenters. The summed E-state index contributed by atoms with van der Waals surface area (Å²) in [6.07, 6.45) is 4.70. The minimum Gasteiger partial charge on any atom is -0.376 e. The Morgan fingerprint density at radius 3 is 2.86 bits per heavy atom. The van der Waals surface area contributed by atoms with Crippen molar-refractivity contribution in [3.63, 3.8) is 0 Å². The maximum atomic E-state index is 5.85. The van der Waals surface area contributed by atoms with E-state index in [-0.39, 0.29) is 0 Å². The van der Waals surface area contributed by atoms with E-state index in [4.69, 9.17) is 14.8 Å². The maximum absolute atomic E-state index is 5.85. The molecule has 0 unspecified atom stereocenters. The van der Waals surface area contributed by atoms with Crippen molar-refractivity contribution in [2.45, 2.75) is 44.5 Å². The Morgan fingerprint density at radius 1 is 1.21 bits per heavy atom. The van der Waals surface area contributed by atoms with E-state index in [2.05, 4.69) is 36.6 Å². The topological polar surface area (TPSA) is 44.3 Å². The van der Waals surface area contributed by atoms with E-state index in [0.717, 1.165) is 47.5 Å². The van der Waals surface area contributed by atoms with Crippen LogP contribution in [-0.4, -0.2) is 38.4 Å². The van der Waals surface area contributed by atoms with Gasteiger partial charge in [-0.05, 0) is 32.8 Å². The van der Waals surface area contributed by atoms with Crippen LogP contribution in [0, 0.1) is 13.8 Å². The third-order valence-corrected chi connectivity index (χ3v) is 6.54. The lowest BCUT2D eigenvalue weighted by molar-refractivity contribution is 0.0962. The number of thioether (sulfide) groups is 1. The molecule has 0 radical (unpaired) electrons. The molecule has 144 valence electrons. The summed E-state index contributed by atoms with van der Waals surface area (Å²) >= 11 is 1.75. The first-order valence-electron chi connectivity index (χ1n) is 9.83. The van der Waals surface area contributed by atoms with E-state index in [1.807, 2.05) is 29.1 Å². The maximum Gasteiger partial charge on any atom is 0.189 e. The van der Waals surface area contributed by atoms with Crippen molar-refractivity contribution >= 4 is 17.5 Å². The van der Waals surface area contributed by atoms with Gasteiger partial charge in [0.1, 0.15) is 0 Å². The average Bonchev–Trinajstić information content (AvgIpc) is 3.44. The van der Waals surface area contributed by atoms with Gasteiger partial charge in [-0.1, -0.05) is 42.1 Å². The van der Waals surface area contributed by atoms with Gasteiger partial charge >= 0.3 is 0 Å². The van der Waals surface area contributed by atoms with E-state index in [0.29, 0.717) is 6.10 Å². The number of aryl methyl sites for hydroxylation is 1. The van der Waals surface area contributed by atoms with Gasteiger partial charge in [0.05, 0.1) is 23.7 Å². The molecule has 2 aromatic heterocycles. The molecule has 4 heterocycles. The molecule has 1 aromatic carbocycles. The summed E-state index contributed by atoms with van der Waals surface area (Å²) in [6.45, 7) is 6.21. The lowest BCUT2D eigenvalue weighted by atomic mass is 10.1. The summed E-state index contributed by atoms with van der Waals surface area (Å²) in [5, 5.41) is 5.87. The van der Waals surface area contributed by atoms with Crippen LogP contribution in [0.1, 0.15) is 29.8 Å². The van der Waals surface area contributed by atoms with Gasteiger partial charge in [-0.3, -0.25) is 0 Å². The van der Waals surface area contributed by atoms with Gasteiger partial charge in [0.25, 0.3) is 0 Å². The molecule has 0 bridgehead atoms. The summed E-state index contributed by atoms with van der Waals surface area (Å²) in [6, 6.07) is 12.5. The summed E-state index contributed by atoms with van der Waals surface area (Å²) in [5.74, 6) is 0.843. The highest BCUT2D eigenvalue weighted by Crippen LogP contribution is 2.30. The van der Waals surface area contributed by atoms with Crippen molar-refractivity contribution in [2.75, 3.05) is 12.4 Å². The molecule has 0 amide bonds. The summed E-state index contributed by atoms with van der Waals surface area (Å²) in [5.41, 5.74) is 6.99. The van der Waals surface area contributed by atoms with Crippen LogP contribution in [0.5, 0.6) is 0 Å². The van der Waals surface area contributed by atoms with E-state index >= 15 is 0 Å². The zero-order valence-corrected chi connectivity index (χ0v) is 17.1. The van der Waals surface area contributed by atoms with Crippen LogP contribution in [-0.2, 0) is 11.3 Å². The molecule has 3 aromatic rings. The van der Waals surface area contributed by atoms with Crippen LogP contribution in [0.15, 0.2) is 52.9 Å². The van der Waals surface area contributed by atoms with E-state index < -0.39 is 0 Å².